The Morgan fingerprint density at radius 2 is 1.76 bits per heavy atom. The number of benzene rings is 2. The highest BCUT2D eigenvalue weighted by atomic mass is 19.1. The third-order valence-corrected chi connectivity index (χ3v) is 5.01. The molecule has 0 saturated carbocycles. The van der Waals surface area contributed by atoms with E-state index in [9.17, 15) is 4.39 Å². The fourth-order valence-electron chi connectivity index (χ4n) is 3.42. The summed E-state index contributed by atoms with van der Waals surface area (Å²) in [4.78, 5) is 6.71. The molecule has 0 N–H and O–H groups in total. The van der Waals surface area contributed by atoms with E-state index in [1.54, 1.807) is 22.7 Å². The van der Waals surface area contributed by atoms with E-state index in [0.717, 1.165) is 16.9 Å². The van der Waals surface area contributed by atoms with Gasteiger partial charge in [-0.25, -0.2) is 9.37 Å². The maximum Gasteiger partial charge on any atom is 0.188 e. The Morgan fingerprint density at radius 3 is 2.59 bits per heavy atom. The van der Waals surface area contributed by atoms with Crippen molar-refractivity contribution in [3.05, 3.63) is 72.3 Å². The Morgan fingerprint density at radius 1 is 0.966 bits per heavy atom. The van der Waals surface area contributed by atoms with Crippen molar-refractivity contribution in [2.45, 2.75) is 6.54 Å². The Kier molecular flexibility index (Phi) is 3.97. The highest BCUT2D eigenvalue weighted by Gasteiger charge is 2.16. The molecule has 144 valence electrons. The van der Waals surface area contributed by atoms with E-state index >= 15 is 0 Å². The lowest BCUT2D eigenvalue weighted by atomic mass is 10.2. The third kappa shape index (κ3) is 2.89. The van der Waals surface area contributed by atoms with Crippen molar-refractivity contribution in [2.75, 3.05) is 11.9 Å². The molecular weight excluding hydrogens is 369 g/mol. The molecule has 29 heavy (non-hydrogen) atoms. The molecule has 5 aromatic rings. The second kappa shape index (κ2) is 6.66. The molecule has 0 radical (unpaired) electrons. The van der Waals surface area contributed by atoms with Gasteiger partial charge in [0.05, 0.1) is 23.1 Å². The molecule has 0 bridgehead atoms. The summed E-state index contributed by atoms with van der Waals surface area (Å²) in [5.41, 5.74) is 2.97. The number of nitrogens with zero attached hydrogens (tertiary/aromatic N) is 7. The predicted octanol–water partition coefficient (Wildman–Crippen LogP) is 3.45. The first kappa shape index (κ1) is 17.3. The fourth-order valence-corrected chi connectivity index (χ4v) is 3.42. The van der Waals surface area contributed by atoms with Gasteiger partial charge in [-0.3, -0.25) is 0 Å². The zero-order valence-electron chi connectivity index (χ0n) is 16.0. The second-order valence-corrected chi connectivity index (χ2v) is 6.90. The van der Waals surface area contributed by atoms with Gasteiger partial charge >= 0.3 is 0 Å². The maximum atomic E-state index is 14.2. The topological polar surface area (TPSA) is 64.1 Å². The number of halogens is 1. The van der Waals surface area contributed by atoms with Crippen LogP contribution in [0.5, 0.6) is 0 Å². The van der Waals surface area contributed by atoms with Gasteiger partial charge in [0.25, 0.3) is 0 Å². The molecule has 0 amide bonds. The number of aromatic nitrogens is 6. The van der Waals surface area contributed by atoms with Crippen molar-refractivity contribution in [1.82, 2.24) is 29.4 Å². The Bertz CT molecular complexity index is 1340. The highest BCUT2D eigenvalue weighted by Crippen LogP contribution is 2.23. The quantitative estimate of drug-likeness (QED) is 0.473. The van der Waals surface area contributed by atoms with Crippen LogP contribution in [0.1, 0.15) is 5.82 Å². The van der Waals surface area contributed by atoms with Gasteiger partial charge < -0.3 is 9.47 Å². The van der Waals surface area contributed by atoms with Crippen LogP contribution in [0.25, 0.3) is 28.1 Å². The first-order valence-electron chi connectivity index (χ1n) is 9.20. The molecule has 0 aliphatic carbocycles. The molecule has 0 saturated heterocycles. The number of hydrogen-bond acceptors (Lipinski definition) is 5. The van der Waals surface area contributed by atoms with E-state index in [0.29, 0.717) is 29.4 Å². The lowest BCUT2D eigenvalue weighted by Gasteiger charge is -2.17. The normalized spacial score (nSPS) is 11.4. The molecule has 0 aliphatic rings. The van der Waals surface area contributed by atoms with Gasteiger partial charge in [0.2, 0.25) is 0 Å². The number of rotatable bonds is 4. The van der Waals surface area contributed by atoms with Crippen molar-refractivity contribution in [2.24, 2.45) is 7.05 Å². The largest absolute Gasteiger partial charge is 0.351 e. The van der Waals surface area contributed by atoms with Gasteiger partial charge in [-0.2, -0.15) is 4.52 Å². The molecule has 8 heteroatoms. The standard InChI is InChI=1S/C21H18FN7/c1-27(13-20-23-16-9-5-6-10-17(16)28(20)2)19-12-11-18-24-25-21(29(18)26-19)14-7-3-4-8-15(14)22/h3-12H,13H2,1-2H3. The van der Waals surface area contributed by atoms with Crippen LogP contribution >= 0.6 is 0 Å². The summed E-state index contributed by atoms with van der Waals surface area (Å²) in [5.74, 6) is 1.65. The molecule has 7 nitrogen and oxygen atoms in total. The minimum absolute atomic E-state index is 0.359. The molecule has 0 aliphatic heterocycles. The molecule has 0 spiro atoms. The van der Waals surface area contributed by atoms with Crippen LogP contribution in [-0.2, 0) is 13.6 Å². The van der Waals surface area contributed by atoms with Crippen LogP contribution in [-0.4, -0.2) is 36.4 Å². The minimum atomic E-state index is -0.359. The molecular formula is C21H18FN7. The second-order valence-electron chi connectivity index (χ2n) is 6.90. The maximum absolute atomic E-state index is 14.2. The Labute approximate surface area is 166 Å². The smallest absolute Gasteiger partial charge is 0.188 e. The number of imidazole rings is 1. The van der Waals surface area contributed by atoms with E-state index in [1.165, 1.54) is 6.07 Å². The van der Waals surface area contributed by atoms with Gasteiger partial charge in [-0.05, 0) is 36.4 Å². The average Bonchev–Trinajstić information content (AvgIpc) is 3.29. The number of anilines is 1. The van der Waals surface area contributed by atoms with E-state index in [-0.39, 0.29) is 5.82 Å². The lowest BCUT2D eigenvalue weighted by Crippen LogP contribution is -2.21. The van der Waals surface area contributed by atoms with Crippen molar-refractivity contribution in [3.63, 3.8) is 0 Å². The zero-order valence-corrected chi connectivity index (χ0v) is 16.0. The summed E-state index contributed by atoms with van der Waals surface area (Å²) < 4.78 is 17.9. The lowest BCUT2D eigenvalue weighted by molar-refractivity contribution is 0.629. The van der Waals surface area contributed by atoms with Crippen LogP contribution in [0.2, 0.25) is 0 Å². The third-order valence-electron chi connectivity index (χ3n) is 5.01. The van der Waals surface area contributed by atoms with Gasteiger partial charge in [0.1, 0.15) is 17.5 Å². The van der Waals surface area contributed by atoms with Gasteiger partial charge in [-0.1, -0.05) is 24.3 Å². The highest BCUT2D eigenvalue weighted by molar-refractivity contribution is 5.75. The van der Waals surface area contributed by atoms with Crippen LogP contribution in [0.15, 0.2) is 60.7 Å². The van der Waals surface area contributed by atoms with Gasteiger partial charge in [0.15, 0.2) is 11.5 Å². The van der Waals surface area contributed by atoms with Crippen molar-refractivity contribution >= 4 is 22.5 Å². The van der Waals surface area contributed by atoms with Crippen LogP contribution in [0, 0.1) is 5.82 Å². The molecule has 2 aromatic carbocycles. The summed E-state index contributed by atoms with van der Waals surface area (Å²) in [5, 5.41) is 12.9. The number of hydrogen-bond donors (Lipinski definition) is 0. The summed E-state index contributed by atoms with van der Waals surface area (Å²) in [6.45, 7) is 0.570. The minimum Gasteiger partial charge on any atom is -0.351 e. The molecule has 3 heterocycles. The summed E-state index contributed by atoms with van der Waals surface area (Å²) in [7, 11) is 3.95. The van der Waals surface area contributed by atoms with Crippen molar-refractivity contribution in [3.8, 4) is 11.4 Å². The first-order chi connectivity index (χ1) is 14.1. The number of aryl methyl sites for hydroxylation is 1. The molecule has 0 fully saturated rings. The van der Waals surface area contributed by atoms with Crippen LogP contribution < -0.4 is 4.90 Å². The predicted molar refractivity (Wildman–Crippen MR) is 109 cm³/mol. The molecule has 0 atom stereocenters. The number of para-hydroxylation sites is 2. The zero-order chi connectivity index (χ0) is 20.0. The van der Waals surface area contributed by atoms with Gasteiger partial charge in [0, 0.05) is 14.1 Å². The number of fused-ring (bicyclic) bond motifs is 2. The molecule has 3 aromatic heterocycles. The van der Waals surface area contributed by atoms with E-state index in [2.05, 4.69) is 19.9 Å². The van der Waals surface area contributed by atoms with E-state index in [1.807, 2.05) is 55.4 Å². The van der Waals surface area contributed by atoms with Crippen LogP contribution in [0.3, 0.4) is 0 Å². The summed E-state index contributed by atoms with van der Waals surface area (Å²) in [6.07, 6.45) is 0. The van der Waals surface area contributed by atoms with E-state index < -0.39 is 0 Å². The van der Waals surface area contributed by atoms with Crippen molar-refractivity contribution in [1.29, 1.82) is 0 Å². The fraction of sp³-hybridized carbons (Fsp3) is 0.143. The Hall–Kier alpha value is -3.81. The molecule has 0 unspecified atom stereocenters. The molecule has 5 rings (SSSR count). The first-order valence-corrected chi connectivity index (χ1v) is 9.20. The Balaban J connectivity index is 1.52. The SMILES string of the molecule is CN(Cc1nc2ccccc2n1C)c1ccc2nnc(-c3ccccc3F)n2n1. The van der Waals surface area contributed by atoms with Crippen molar-refractivity contribution < 1.29 is 4.39 Å². The summed E-state index contributed by atoms with van der Waals surface area (Å²) in [6, 6.07) is 18.2. The van der Waals surface area contributed by atoms with E-state index in [4.69, 9.17) is 4.98 Å². The van der Waals surface area contributed by atoms with Gasteiger partial charge in [-0.15, -0.1) is 15.3 Å². The monoisotopic (exact) mass is 387 g/mol. The summed E-state index contributed by atoms with van der Waals surface area (Å²) >= 11 is 0. The average molecular weight is 387 g/mol. The van der Waals surface area contributed by atoms with Crippen LogP contribution in [0.4, 0.5) is 10.2 Å².